The Morgan fingerprint density at radius 3 is 2.56 bits per heavy atom. The molecule has 0 radical (unpaired) electrons. The largest absolute Gasteiger partial charge is 0.494 e. The third kappa shape index (κ3) is 5.87. The Labute approximate surface area is 212 Å². The summed E-state index contributed by atoms with van der Waals surface area (Å²) >= 11 is 0. The number of pyridine rings is 1. The van der Waals surface area contributed by atoms with Crippen molar-refractivity contribution in [3.8, 4) is 5.75 Å². The highest BCUT2D eigenvalue weighted by Crippen LogP contribution is 2.35. The van der Waals surface area contributed by atoms with E-state index >= 15 is 0 Å². The number of aromatic nitrogens is 3. The van der Waals surface area contributed by atoms with Crippen molar-refractivity contribution in [2.75, 3.05) is 38.7 Å². The minimum Gasteiger partial charge on any atom is -0.494 e. The number of ether oxygens (including phenoxy) is 2. The number of nitrogens with zero attached hydrogens (tertiary/aromatic N) is 3. The van der Waals surface area contributed by atoms with E-state index in [0.29, 0.717) is 29.1 Å². The van der Waals surface area contributed by atoms with Crippen LogP contribution < -0.4 is 15.4 Å². The summed E-state index contributed by atoms with van der Waals surface area (Å²) in [5, 5.41) is 12.2. The topological polar surface area (TPSA) is 90.3 Å². The fourth-order valence-electron chi connectivity index (χ4n) is 5.41. The van der Waals surface area contributed by atoms with Crippen LogP contribution in [0.3, 0.4) is 0 Å². The quantitative estimate of drug-likeness (QED) is 0.473. The molecule has 8 nitrogen and oxygen atoms in total. The van der Waals surface area contributed by atoms with Crippen LogP contribution in [0, 0.1) is 18.8 Å². The van der Waals surface area contributed by atoms with Gasteiger partial charge in [0, 0.05) is 36.6 Å². The second-order valence-corrected chi connectivity index (χ2v) is 10.2. The molecule has 3 aromatic rings. The first-order chi connectivity index (χ1) is 17.6. The number of piperidine rings is 1. The zero-order valence-corrected chi connectivity index (χ0v) is 21.3. The van der Waals surface area contributed by atoms with Crippen molar-refractivity contribution in [3.63, 3.8) is 0 Å². The van der Waals surface area contributed by atoms with E-state index in [1.165, 1.54) is 25.7 Å². The van der Waals surface area contributed by atoms with Crippen molar-refractivity contribution >= 4 is 22.5 Å². The number of hydrogen-bond acceptors (Lipinski definition) is 6. The Hall–Kier alpha value is -2.97. The highest BCUT2D eigenvalue weighted by atomic mass is 16.5. The van der Waals surface area contributed by atoms with Crippen molar-refractivity contribution < 1.29 is 14.3 Å². The molecule has 8 heteroatoms. The molecular formula is C28H37N5O3. The van der Waals surface area contributed by atoms with Gasteiger partial charge in [-0.05, 0) is 88.6 Å². The van der Waals surface area contributed by atoms with Gasteiger partial charge in [-0.3, -0.25) is 9.48 Å². The lowest BCUT2D eigenvalue weighted by Gasteiger charge is -2.29. The monoisotopic (exact) mass is 491 g/mol. The molecule has 5 rings (SSSR count). The summed E-state index contributed by atoms with van der Waals surface area (Å²) < 4.78 is 13.8. The molecular weight excluding hydrogens is 454 g/mol. The van der Waals surface area contributed by atoms with E-state index < -0.39 is 0 Å². The Kier molecular flexibility index (Phi) is 7.82. The van der Waals surface area contributed by atoms with Crippen molar-refractivity contribution in [1.29, 1.82) is 0 Å². The highest BCUT2D eigenvalue weighted by molar-refractivity contribution is 6.05. The summed E-state index contributed by atoms with van der Waals surface area (Å²) in [5.74, 6) is 1.69. The SMILES string of the molecule is COc1cc2nn([C@H]3CC[C@H](COCC4CCNCC4)CC3)cc2cc1NC(=O)c1cccc(C)n1. The molecule has 1 saturated carbocycles. The van der Waals surface area contributed by atoms with E-state index in [-0.39, 0.29) is 5.91 Å². The predicted octanol–water partition coefficient (Wildman–Crippen LogP) is 4.75. The molecule has 3 heterocycles. The number of fused-ring (bicyclic) bond motifs is 1. The zero-order chi connectivity index (χ0) is 24.9. The van der Waals surface area contributed by atoms with Crippen LogP contribution in [-0.4, -0.2) is 54.1 Å². The molecule has 2 aromatic heterocycles. The van der Waals surface area contributed by atoms with Crippen LogP contribution in [0.25, 0.3) is 10.9 Å². The fourth-order valence-corrected chi connectivity index (χ4v) is 5.41. The van der Waals surface area contributed by atoms with Crippen molar-refractivity contribution in [3.05, 3.63) is 47.9 Å². The highest BCUT2D eigenvalue weighted by Gasteiger charge is 2.24. The third-order valence-electron chi connectivity index (χ3n) is 7.57. The van der Waals surface area contributed by atoms with Crippen LogP contribution in [0.1, 0.15) is 60.7 Å². The van der Waals surface area contributed by atoms with Crippen LogP contribution in [-0.2, 0) is 4.74 Å². The number of nitrogens with one attached hydrogen (secondary N) is 2. The summed E-state index contributed by atoms with van der Waals surface area (Å²) in [7, 11) is 1.60. The number of benzene rings is 1. The number of rotatable bonds is 8. The number of methoxy groups -OCH3 is 1. The van der Waals surface area contributed by atoms with Crippen LogP contribution in [0.5, 0.6) is 5.75 Å². The Balaban J connectivity index is 1.20. The zero-order valence-electron chi connectivity index (χ0n) is 21.3. The number of carbonyl (C=O) groups excluding carboxylic acids is 1. The molecule has 192 valence electrons. The molecule has 1 aromatic carbocycles. The number of amides is 1. The average Bonchev–Trinajstić information content (AvgIpc) is 3.32. The maximum absolute atomic E-state index is 12.8. The second kappa shape index (κ2) is 11.4. The normalized spacial score (nSPS) is 20.9. The molecule has 2 fully saturated rings. The summed E-state index contributed by atoms with van der Waals surface area (Å²) in [6, 6.07) is 9.63. The molecule has 0 bridgehead atoms. The van der Waals surface area contributed by atoms with Gasteiger partial charge in [0.2, 0.25) is 0 Å². The minimum atomic E-state index is -0.260. The predicted molar refractivity (Wildman–Crippen MR) is 141 cm³/mol. The molecule has 0 spiro atoms. The lowest BCUT2D eigenvalue weighted by molar-refractivity contribution is 0.0478. The maximum Gasteiger partial charge on any atom is 0.274 e. The molecule has 1 aliphatic carbocycles. The van der Waals surface area contributed by atoms with Gasteiger partial charge in [0.1, 0.15) is 11.4 Å². The number of anilines is 1. The van der Waals surface area contributed by atoms with Gasteiger partial charge in [-0.1, -0.05) is 6.07 Å². The van der Waals surface area contributed by atoms with Crippen molar-refractivity contribution in [2.24, 2.45) is 11.8 Å². The minimum absolute atomic E-state index is 0.260. The smallest absolute Gasteiger partial charge is 0.274 e. The van der Waals surface area contributed by atoms with Gasteiger partial charge in [0.15, 0.2) is 0 Å². The van der Waals surface area contributed by atoms with Gasteiger partial charge in [0.05, 0.1) is 24.4 Å². The third-order valence-corrected chi connectivity index (χ3v) is 7.57. The first kappa shape index (κ1) is 24.7. The van der Waals surface area contributed by atoms with Crippen LogP contribution >= 0.6 is 0 Å². The lowest BCUT2D eigenvalue weighted by Crippen LogP contribution is -2.30. The van der Waals surface area contributed by atoms with Gasteiger partial charge in [-0.2, -0.15) is 5.10 Å². The fraction of sp³-hybridized carbons (Fsp3) is 0.536. The first-order valence-electron chi connectivity index (χ1n) is 13.2. The number of aryl methyl sites for hydroxylation is 1. The van der Waals surface area contributed by atoms with E-state index in [4.69, 9.17) is 14.6 Å². The first-order valence-corrected chi connectivity index (χ1v) is 13.2. The van der Waals surface area contributed by atoms with Gasteiger partial charge in [-0.25, -0.2) is 4.98 Å². The van der Waals surface area contributed by atoms with Crippen LogP contribution in [0.15, 0.2) is 36.5 Å². The number of carbonyl (C=O) groups is 1. The maximum atomic E-state index is 12.8. The average molecular weight is 492 g/mol. The number of hydrogen-bond donors (Lipinski definition) is 2. The van der Waals surface area contributed by atoms with Crippen molar-refractivity contribution in [1.82, 2.24) is 20.1 Å². The van der Waals surface area contributed by atoms with E-state index in [1.54, 1.807) is 13.2 Å². The van der Waals surface area contributed by atoms with Crippen LogP contribution in [0.4, 0.5) is 5.69 Å². The standard InChI is InChI=1S/C28H37N5O3/c1-19-4-3-5-24(30-19)28(34)31-26-14-22-16-33(32-25(22)15-27(26)35-2)23-8-6-20(7-9-23)17-36-18-21-10-12-29-13-11-21/h3-5,14-16,20-21,23,29H,6-13,17-18H2,1-2H3,(H,31,34)/t20-,23-. The van der Waals surface area contributed by atoms with Crippen molar-refractivity contribution in [2.45, 2.75) is 51.5 Å². The Morgan fingerprint density at radius 2 is 1.83 bits per heavy atom. The molecule has 2 aliphatic rings. The van der Waals surface area contributed by atoms with E-state index in [9.17, 15) is 4.79 Å². The molecule has 0 atom stereocenters. The molecule has 1 aliphatic heterocycles. The van der Waals surface area contributed by atoms with E-state index in [1.807, 2.05) is 31.2 Å². The van der Waals surface area contributed by atoms with Gasteiger partial charge in [0.25, 0.3) is 5.91 Å². The molecule has 1 saturated heterocycles. The summed E-state index contributed by atoms with van der Waals surface area (Å²) in [5.41, 5.74) is 2.66. The van der Waals surface area contributed by atoms with E-state index in [2.05, 4.69) is 26.5 Å². The van der Waals surface area contributed by atoms with Gasteiger partial charge in [-0.15, -0.1) is 0 Å². The Morgan fingerprint density at radius 1 is 1.08 bits per heavy atom. The van der Waals surface area contributed by atoms with Gasteiger partial charge < -0.3 is 20.1 Å². The molecule has 36 heavy (non-hydrogen) atoms. The summed E-state index contributed by atoms with van der Waals surface area (Å²) in [6.07, 6.45) is 9.11. The summed E-state index contributed by atoms with van der Waals surface area (Å²) in [4.78, 5) is 17.1. The van der Waals surface area contributed by atoms with Gasteiger partial charge >= 0.3 is 0 Å². The Bertz CT molecular complexity index is 1180. The molecule has 0 unspecified atom stereocenters. The van der Waals surface area contributed by atoms with Crippen LogP contribution in [0.2, 0.25) is 0 Å². The lowest BCUT2D eigenvalue weighted by atomic mass is 9.86. The van der Waals surface area contributed by atoms with E-state index in [0.717, 1.165) is 61.7 Å². The molecule has 2 N–H and O–H groups in total. The second-order valence-electron chi connectivity index (χ2n) is 10.2. The summed E-state index contributed by atoms with van der Waals surface area (Å²) in [6.45, 7) is 5.91. The molecule has 1 amide bonds.